The maximum atomic E-state index is 5.65. The summed E-state index contributed by atoms with van der Waals surface area (Å²) < 4.78 is 5.65. The Morgan fingerprint density at radius 3 is 2.85 bits per heavy atom. The predicted molar refractivity (Wildman–Crippen MR) is 102 cm³/mol. The van der Waals surface area contributed by atoms with Gasteiger partial charge in [0.15, 0.2) is 17.0 Å². The Hall–Kier alpha value is -2.80. The van der Waals surface area contributed by atoms with Crippen LogP contribution < -0.4 is 10.6 Å². The first-order valence-electron chi connectivity index (χ1n) is 8.87. The van der Waals surface area contributed by atoms with Gasteiger partial charge in [-0.25, -0.2) is 9.97 Å². The van der Waals surface area contributed by atoms with Gasteiger partial charge in [0, 0.05) is 31.2 Å². The summed E-state index contributed by atoms with van der Waals surface area (Å²) in [5, 5.41) is 6.66. The van der Waals surface area contributed by atoms with E-state index in [4.69, 9.17) is 4.74 Å². The quantitative estimate of drug-likeness (QED) is 0.729. The summed E-state index contributed by atoms with van der Waals surface area (Å²) in [6.07, 6.45) is 5.68. The molecule has 4 rings (SSSR count). The average Bonchev–Trinajstić information content (AvgIpc) is 3.16. The van der Waals surface area contributed by atoms with Crippen LogP contribution >= 0.6 is 0 Å². The summed E-state index contributed by atoms with van der Waals surface area (Å²) >= 11 is 0. The second kappa shape index (κ2) is 7.21. The van der Waals surface area contributed by atoms with Gasteiger partial charge >= 0.3 is 0 Å². The van der Waals surface area contributed by atoms with E-state index in [1.807, 2.05) is 0 Å². The van der Waals surface area contributed by atoms with Gasteiger partial charge in [-0.05, 0) is 38.3 Å². The molecule has 1 atom stereocenters. The highest BCUT2D eigenvalue weighted by Crippen LogP contribution is 2.25. The zero-order valence-electron chi connectivity index (χ0n) is 15.0. The summed E-state index contributed by atoms with van der Waals surface area (Å²) in [5.74, 6) is 1.17. The van der Waals surface area contributed by atoms with Crippen LogP contribution in [0.1, 0.15) is 24.0 Å². The van der Waals surface area contributed by atoms with Crippen LogP contribution in [-0.4, -0.2) is 39.2 Å². The van der Waals surface area contributed by atoms with Gasteiger partial charge in [-0.1, -0.05) is 17.7 Å². The first-order valence-corrected chi connectivity index (χ1v) is 8.87. The number of hydrogen-bond acceptors (Lipinski definition) is 7. The van der Waals surface area contributed by atoms with E-state index in [0.29, 0.717) is 29.5 Å². The van der Waals surface area contributed by atoms with Gasteiger partial charge in [0.05, 0.1) is 6.10 Å². The number of rotatable bonds is 5. The Morgan fingerprint density at radius 1 is 1.15 bits per heavy atom. The van der Waals surface area contributed by atoms with Gasteiger partial charge < -0.3 is 15.4 Å². The molecule has 0 aliphatic carbocycles. The zero-order chi connectivity index (χ0) is 17.9. The van der Waals surface area contributed by atoms with Crippen LogP contribution in [0.5, 0.6) is 0 Å². The lowest BCUT2D eigenvalue weighted by Crippen LogP contribution is -2.20. The van der Waals surface area contributed by atoms with Crippen LogP contribution in [0.25, 0.3) is 11.2 Å². The lowest BCUT2D eigenvalue weighted by atomic mass is 10.1. The molecule has 7 heteroatoms. The average molecular weight is 350 g/mol. The molecule has 1 aliphatic heterocycles. The van der Waals surface area contributed by atoms with Crippen molar-refractivity contribution in [3.8, 4) is 0 Å². The molecular formula is C19H22N6O. The predicted octanol–water partition coefficient (Wildman–Crippen LogP) is 3.37. The number of benzene rings is 1. The lowest BCUT2D eigenvalue weighted by Gasteiger charge is -2.14. The monoisotopic (exact) mass is 350 g/mol. The molecule has 0 radical (unpaired) electrons. The number of fused-ring (bicyclic) bond motifs is 1. The van der Waals surface area contributed by atoms with E-state index >= 15 is 0 Å². The number of hydrogen-bond donors (Lipinski definition) is 2. The fourth-order valence-corrected chi connectivity index (χ4v) is 3.12. The van der Waals surface area contributed by atoms with Gasteiger partial charge in [-0.15, -0.1) is 0 Å². The van der Waals surface area contributed by atoms with Crippen LogP contribution in [-0.2, 0) is 4.74 Å². The Labute approximate surface area is 152 Å². The Balaban J connectivity index is 1.65. The van der Waals surface area contributed by atoms with Gasteiger partial charge in [0.25, 0.3) is 0 Å². The van der Waals surface area contributed by atoms with Crippen LogP contribution in [0.3, 0.4) is 0 Å². The summed E-state index contributed by atoms with van der Waals surface area (Å²) in [6, 6.07) is 6.25. The molecule has 0 spiro atoms. The number of nitrogens with one attached hydrogen (secondary N) is 2. The topological polar surface area (TPSA) is 84.9 Å². The first kappa shape index (κ1) is 16.7. The van der Waals surface area contributed by atoms with E-state index in [2.05, 4.69) is 62.6 Å². The lowest BCUT2D eigenvalue weighted by molar-refractivity contribution is 0.120. The number of aryl methyl sites for hydroxylation is 2. The molecule has 2 N–H and O–H groups in total. The van der Waals surface area contributed by atoms with Crippen LogP contribution in [0, 0.1) is 13.8 Å². The summed E-state index contributed by atoms with van der Waals surface area (Å²) in [7, 11) is 0. The number of nitrogens with zero attached hydrogens (tertiary/aromatic N) is 4. The second-order valence-corrected chi connectivity index (χ2v) is 6.58. The molecule has 3 aromatic rings. The molecular weight excluding hydrogens is 328 g/mol. The van der Waals surface area contributed by atoms with E-state index in [9.17, 15) is 0 Å². The number of ether oxygens (including phenoxy) is 1. The minimum absolute atomic E-state index is 0.215. The van der Waals surface area contributed by atoms with E-state index < -0.39 is 0 Å². The van der Waals surface area contributed by atoms with E-state index in [-0.39, 0.29) is 6.10 Å². The minimum atomic E-state index is 0.215. The molecule has 1 aliphatic rings. The smallest absolute Gasteiger partial charge is 0.226 e. The molecule has 134 valence electrons. The minimum Gasteiger partial charge on any atom is -0.376 e. The van der Waals surface area contributed by atoms with Crippen molar-refractivity contribution in [3.05, 3.63) is 41.7 Å². The van der Waals surface area contributed by atoms with Crippen LogP contribution in [0.4, 0.5) is 17.5 Å². The third-order valence-corrected chi connectivity index (χ3v) is 4.48. The SMILES string of the molecule is Cc1ccc(Nc2nc(NCC3CCCO3)nc3nccnc23)c(C)c1. The Bertz CT molecular complexity index is 923. The van der Waals surface area contributed by atoms with Crippen molar-refractivity contribution in [1.29, 1.82) is 0 Å². The molecule has 0 bridgehead atoms. The summed E-state index contributed by atoms with van der Waals surface area (Å²) in [6.45, 7) is 5.67. The van der Waals surface area contributed by atoms with Gasteiger partial charge in [-0.2, -0.15) is 9.97 Å². The van der Waals surface area contributed by atoms with Crippen molar-refractivity contribution in [2.75, 3.05) is 23.8 Å². The summed E-state index contributed by atoms with van der Waals surface area (Å²) in [5.41, 5.74) is 4.57. The molecule has 1 saturated heterocycles. The molecule has 7 nitrogen and oxygen atoms in total. The molecule has 3 heterocycles. The second-order valence-electron chi connectivity index (χ2n) is 6.58. The molecule has 2 aromatic heterocycles. The van der Waals surface area contributed by atoms with Crippen molar-refractivity contribution in [2.45, 2.75) is 32.8 Å². The highest BCUT2D eigenvalue weighted by atomic mass is 16.5. The third kappa shape index (κ3) is 3.57. The van der Waals surface area contributed by atoms with Crippen molar-refractivity contribution >= 4 is 28.6 Å². The highest BCUT2D eigenvalue weighted by molar-refractivity contribution is 5.86. The third-order valence-electron chi connectivity index (χ3n) is 4.48. The fourth-order valence-electron chi connectivity index (χ4n) is 3.12. The summed E-state index contributed by atoms with van der Waals surface area (Å²) in [4.78, 5) is 17.8. The number of anilines is 3. The maximum Gasteiger partial charge on any atom is 0.226 e. The molecule has 26 heavy (non-hydrogen) atoms. The van der Waals surface area contributed by atoms with Gasteiger partial charge in [0.1, 0.15) is 0 Å². The molecule has 1 aromatic carbocycles. The van der Waals surface area contributed by atoms with Crippen molar-refractivity contribution in [2.24, 2.45) is 0 Å². The molecule has 1 unspecified atom stereocenters. The van der Waals surface area contributed by atoms with Gasteiger partial charge in [-0.3, -0.25) is 0 Å². The Morgan fingerprint density at radius 2 is 2.04 bits per heavy atom. The Kier molecular flexibility index (Phi) is 4.62. The van der Waals surface area contributed by atoms with Crippen LogP contribution in [0.15, 0.2) is 30.6 Å². The number of aromatic nitrogens is 4. The largest absolute Gasteiger partial charge is 0.376 e. The normalized spacial score (nSPS) is 16.8. The molecule has 0 amide bonds. The standard InChI is InChI=1S/C19H22N6O/c1-12-5-6-15(13(2)10-12)23-18-16-17(21-8-7-20-16)24-19(25-18)22-11-14-4-3-9-26-14/h5-8,10,14H,3-4,9,11H2,1-2H3,(H2,21,22,23,24,25). The zero-order valence-corrected chi connectivity index (χ0v) is 15.0. The highest BCUT2D eigenvalue weighted by Gasteiger charge is 2.17. The maximum absolute atomic E-state index is 5.65. The van der Waals surface area contributed by atoms with E-state index in [1.165, 1.54) is 5.56 Å². The van der Waals surface area contributed by atoms with Crippen LogP contribution in [0.2, 0.25) is 0 Å². The van der Waals surface area contributed by atoms with Crippen molar-refractivity contribution in [1.82, 2.24) is 19.9 Å². The van der Waals surface area contributed by atoms with E-state index in [1.54, 1.807) is 12.4 Å². The van der Waals surface area contributed by atoms with Crippen molar-refractivity contribution < 1.29 is 4.74 Å². The molecule has 1 fully saturated rings. The van der Waals surface area contributed by atoms with E-state index in [0.717, 1.165) is 30.7 Å². The van der Waals surface area contributed by atoms with Gasteiger partial charge in [0.2, 0.25) is 5.95 Å². The first-order chi connectivity index (χ1) is 12.7. The molecule has 0 saturated carbocycles. The van der Waals surface area contributed by atoms with Crippen molar-refractivity contribution in [3.63, 3.8) is 0 Å². The fraction of sp³-hybridized carbons (Fsp3) is 0.368.